The molecule has 3 heterocycles. The highest BCUT2D eigenvalue weighted by Gasteiger charge is 2.23. The highest BCUT2D eigenvalue weighted by Crippen LogP contribution is 2.37. The van der Waals surface area contributed by atoms with Gasteiger partial charge in [0.15, 0.2) is 5.82 Å². The number of nitrogens with zero attached hydrogens (tertiary/aromatic N) is 2. The van der Waals surface area contributed by atoms with Gasteiger partial charge in [0, 0.05) is 36.6 Å². The first-order chi connectivity index (χ1) is 13.3. The van der Waals surface area contributed by atoms with Gasteiger partial charge < -0.3 is 14.8 Å². The Bertz CT molecular complexity index is 891. The van der Waals surface area contributed by atoms with E-state index in [0.29, 0.717) is 18.3 Å². The van der Waals surface area contributed by atoms with Crippen molar-refractivity contribution in [2.45, 2.75) is 32.4 Å². The Morgan fingerprint density at radius 2 is 2.15 bits per heavy atom. The summed E-state index contributed by atoms with van der Waals surface area (Å²) in [6, 6.07) is 10.7. The largest absolute Gasteiger partial charge is 0.381 e. The Kier molecular flexibility index (Phi) is 5.66. The van der Waals surface area contributed by atoms with Crippen LogP contribution in [-0.2, 0) is 16.1 Å². The molecule has 5 nitrogen and oxygen atoms in total. The van der Waals surface area contributed by atoms with Gasteiger partial charge in [0.2, 0.25) is 0 Å². The SMILES string of the molecule is COCc1nc(NC(C)C2CCCOC2)c2c(-c3ccccc3)csc2n1. The monoisotopic (exact) mass is 383 g/mol. The first-order valence-corrected chi connectivity index (χ1v) is 10.3. The molecule has 0 amide bonds. The first-order valence-electron chi connectivity index (χ1n) is 9.43. The van der Waals surface area contributed by atoms with Gasteiger partial charge in [-0.05, 0) is 25.3 Å². The Labute approximate surface area is 163 Å². The van der Waals surface area contributed by atoms with Gasteiger partial charge in [-0.1, -0.05) is 30.3 Å². The summed E-state index contributed by atoms with van der Waals surface area (Å²) in [5.41, 5.74) is 2.36. The molecule has 6 heteroatoms. The van der Waals surface area contributed by atoms with Crippen molar-refractivity contribution in [2.75, 3.05) is 25.6 Å². The number of ether oxygens (including phenoxy) is 2. The Hall–Kier alpha value is -2.02. The standard InChI is InChI=1S/C21H25N3O2S/c1-14(16-9-6-10-26-11-16)22-20-19-17(15-7-4-3-5-8-15)13-27-21(19)24-18(23-20)12-25-2/h3-5,7-8,13-14,16H,6,9-12H2,1-2H3,(H,22,23,24). The maximum absolute atomic E-state index is 5.68. The average Bonchev–Trinajstić information content (AvgIpc) is 3.14. The molecule has 2 aromatic heterocycles. The summed E-state index contributed by atoms with van der Waals surface area (Å²) in [6.07, 6.45) is 2.31. The van der Waals surface area contributed by atoms with E-state index < -0.39 is 0 Å². The maximum atomic E-state index is 5.68. The average molecular weight is 384 g/mol. The molecule has 27 heavy (non-hydrogen) atoms. The second-order valence-corrected chi connectivity index (χ2v) is 7.89. The fraction of sp³-hybridized carbons (Fsp3) is 0.429. The van der Waals surface area contributed by atoms with Crippen molar-refractivity contribution >= 4 is 27.4 Å². The summed E-state index contributed by atoms with van der Waals surface area (Å²) >= 11 is 1.65. The van der Waals surface area contributed by atoms with Crippen LogP contribution >= 0.6 is 11.3 Å². The number of benzene rings is 1. The van der Waals surface area contributed by atoms with Crippen molar-refractivity contribution in [3.05, 3.63) is 41.5 Å². The molecule has 0 bridgehead atoms. The Morgan fingerprint density at radius 3 is 2.89 bits per heavy atom. The quantitative estimate of drug-likeness (QED) is 0.667. The van der Waals surface area contributed by atoms with Crippen LogP contribution in [0.4, 0.5) is 5.82 Å². The molecule has 2 atom stereocenters. The van der Waals surface area contributed by atoms with Gasteiger partial charge in [-0.3, -0.25) is 0 Å². The molecule has 1 aromatic carbocycles. The topological polar surface area (TPSA) is 56.3 Å². The summed E-state index contributed by atoms with van der Waals surface area (Å²) in [7, 11) is 1.67. The van der Waals surface area contributed by atoms with Gasteiger partial charge in [0.05, 0.1) is 12.0 Å². The van der Waals surface area contributed by atoms with Gasteiger partial charge in [-0.15, -0.1) is 11.3 Å². The fourth-order valence-electron chi connectivity index (χ4n) is 3.61. The van der Waals surface area contributed by atoms with Crippen LogP contribution in [-0.4, -0.2) is 36.3 Å². The third kappa shape index (κ3) is 3.98. The molecule has 142 valence electrons. The minimum absolute atomic E-state index is 0.280. The molecular formula is C21H25N3O2S. The molecule has 2 unspecified atom stereocenters. The molecule has 0 spiro atoms. The number of fused-ring (bicyclic) bond motifs is 1. The van der Waals surface area contributed by atoms with E-state index in [1.54, 1.807) is 18.4 Å². The highest BCUT2D eigenvalue weighted by molar-refractivity contribution is 7.17. The lowest BCUT2D eigenvalue weighted by Crippen LogP contribution is -2.33. The molecule has 1 aliphatic rings. The van der Waals surface area contributed by atoms with E-state index in [2.05, 4.69) is 41.9 Å². The molecular weight excluding hydrogens is 358 g/mol. The maximum Gasteiger partial charge on any atom is 0.158 e. The summed E-state index contributed by atoms with van der Waals surface area (Å²) in [5, 5.41) is 6.93. The first kappa shape index (κ1) is 18.3. The minimum atomic E-state index is 0.280. The van der Waals surface area contributed by atoms with Crippen molar-refractivity contribution in [3.63, 3.8) is 0 Å². The summed E-state index contributed by atoms with van der Waals surface area (Å²) in [5.74, 6) is 2.10. The van der Waals surface area contributed by atoms with E-state index in [9.17, 15) is 0 Å². The second kappa shape index (κ2) is 8.33. The normalized spacial score (nSPS) is 18.5. The smallest absolute Gasteiger partial charge is 0.158 e. The van der Waals surface area contributed by atoms with Crippen molar-refractivity contribution in [2.24, 2.45) is 5.92 Å². The molecule has 4 rings (SSSR count). The van der Waals surface area contributed by atoms with Crippen molar-refractivity contribution in [1.82, 2.24) is 9.97 Å². The summed E-state index contributed by atoms with van der Waals surface area (Å²) in [6.45, 7) is 4.31. The van der Waals surface area contributed by atoms with Crippen LogP contribution in [0.1, 0.15) is 25.6 Å². The van der Waals surface area contributed by atoms with Crippen LogP contribution in [0.2, 0.25) is 0 Å². The lowest BCUT2D eigenvalue weighted by molar-refractivity contribution is 0.0496. The predicted molar refractivity (Wildman–Crippen MR) is 110 cm³/mol. The zero-order valence-electron chi connectivity index (χ0n) is 15.8. The van der Waals surface area contributed by atoms with Gasteiger partial charge >= 0.3 is 0 Å². The molecule has 1 fully saturated rings. The van der Waals surface area contributed by atoms with Crippen molar-refractivity contribution in [3.8, 4) is 11.1 Å². The third-order valence-electron chi connectivity index (χ3n) is 5.11. The highest BCUT2D eigenvalue weighted by atomic mass is 32.1. The molecule has 0 radical (unpaired) electrons. The second-order valence-electron chi connectivity index (χ2n) is 7.03. The third-order valence-corrected chi connectivity index (χ3v) is 5.98. The number of hydrogen-bond acceptors (Lipinski definition) is 6. The van der Waals surface area contributed by atoms with E-state index in [-0.39, 0.29) is 6.04 Å². The number of nitrogens with one attached hydrogen (secondary N) is 1. The van der Waals surface area contributed by atoms with Crippen LogP contribution in [0.25, 0.3) is 21.3 Å². The molecule has 1 saturated heterocycles. The lowest BCUT2D eigenvalue weighted by atomic mass is 9.95. The molecule has 1 N–H and O–H groups in total. The van der Waals surface area contributed by atoms with E-state index in [0.717, 1.165) is 35.7 Å². The molecule has 1 aliphatic heterocycles. The van der Waals surface area contributed by atoms with Crippen molar-refractivity contribution < 1.29 is 9.47 Å². The van der Waals surface area contributed by atoms with E-state index in [1.807, 2.05) is 6.07 Å². The number of thiophene rings is 1. The number of anilines is 1. The predicted octanol–water partition coefficient (Wildman–Crippen LogP) is 4.73. The zero-order chi connectivity index (χ0) is 18.6. The number of methoxy groups -OCH3 is 1. The van der Waals surface area contributed by atoms with Gasteiger partial charge in [-0.25, -0.2) is 9.97 Å². The lowest BCUT2D eigenvalue weighted by Gasteiger charge is -2.29. The zero-order valence-corrected chi connectivity index (χ0v) is 16.6. The van der Waals surface area contributed by atoms with Gasteiger partial charge in [0.1, 0.15) is 17.3 Å². The number of aromatic nitrogens is 2. The van der Waals surface area contributed by atoms with Crippen LogP contribution in [0.15, 0.2) is 35.7 Å². The van der Waals surface area contributed by atoms with Crippen LogP contribution in [0.5, 0.6) is 0 Å². The van der Waals surface area contributed by atoms with Gasteiger partial charge in [-0.2, -0.15) is 0 Å². The van der Waals surface area contributed by atoms with Crippen LogP contribution in [0, 0.1) is 5.92 Å². The molecule has 0 aliphatic carbocycles. The van der Waals surface area contributed by atoms with Crippen LogP contribution < -0.4 is 5.32 Å². The fourth-order valence-corrected chi connectivity index (χ4v) is 4.57. The van der Waals surface area contributed by atoms with E-state index in [4.69, 9.17) is 19.4 Å². The Morgan fingerprint density at radius 1 is 1.30 bits per heavy atom. The summed E-state index contributed by atoms with van der Waals surface area (Å²) in [4.78, 5) is 10.5. The summed E-state index contributed by atoms with van der Waals surface area (Å²) < 4.78 is 11.0. The van der Waals surface area contributed by atoms with E-state index >= 15 is 0 Å². The van der Waals surface area contributed by atoms with E-state index in [1.165, 1.54) is 17.5 Å². The number of rotatable bonds is 6. The number of hydrogen-bond donors (Lipinski definition) is 1. The minimum Gasteiger partial charge on any atom is -0.381 e. The van der Waals surface area contributed by atoms with Crippen LogP contribution in [0.3, 0.4) is 0 Å². The Balaban J connectivity index is 1.74. The van der Waals surface area contributed by atoms with Crippen molar-refractivity contribution in [1.29, 1.82) is 0 Å². The molecule has 0 saturated carbocycles. The molecule has 3 aromatic rings. The van der Waals surface area contributed by atoms with Gasteiger partial charge in [0.25, 0.3) is 0 Å².